The molecule has 0 aliphatic heterocycles. The Morgan fingerprint density at radius 2 is 1.89 bits per heavy atom. The van der Waals surface area contributed by atoms with Gasteiger partial charge < -0.3 is 4.90 Å². The normalized spacial score (nSPS) is 12.2. The average molecular weight is 265 g/mol. The van der Waals surface area contributed by atoms with Crippen LogP contribution in [0, 0.1) is 5.92 Å². The molecule has 2 nitrogen and oxygen atoms in total. The molecule has 0 bridgehead atoms. The Morgan fingerprint density at radius 3 is 2.39 bits per heavy atom. The van der Waals surface area contributed by atoms with E-state index in [1.807, 2.05) is 36.1 Å². The third-order valence-electron chi connectivity index (χ3n) is 3.26. The van der Waals surface area contributed by atoms with Crippen LogP contribution in [0.5, 0.6) is 0 Å². The number of benzene rings is 1. The topological polar surface area (TPSA) is 20.3 Å². The van der Waals surface area contributed by atoms with Crippen molar-refractivity contribution in [3.05, 3.63) is 29.8 Å². The summed E-state index contributed by atoms with van der Waals surface area (Å²) in [5, 5.41) is 0. The summed E-state index contributed by atoms with van der Waals surface area (Å²) >= 11 is 4.24. The van der Waals surface area contributed by atoms with Crippen molar-refractivity contribution in [3.63, 3.8) is 0 Å². The lowest BCUT2D eigenvalue weighted by atomic mass is 10.1. The first kappa shape index (κ1) is 15.1. The van der Waals surface area contributed by atoms with Crippen molar-refractivity contribution in [2.24, 2.45) is 5.92 Å². The van der Waals surface area contributed by atoms with Crippen LogP contribution >= 0.6 is 12.6 Å². The number of hydrogen-bond donors (Lipinski definition) is 1. The van der Waals surface area contributed by atoms with E-state index in [0.717, 1.165) is 30.0 Å². The summed E-state index contributed by atoms with van der Waals surface area (Å²) in [6.07, 6.45) is 1.59. The molecule has 0 saturated carbocycles. The number of likely N-dealkylation sites (N-methyl/N-ethyl adjacent to an activating group) is 1. The maximum Gasteiger partial charge on any atom is 0.226 e. The summed E-state index contributed by atoms with van der Waals surface area (Å²) in [7, 11) is 0. The molecular formula is C15H23NOS. The third-order valence-corrected chi connectivity index (χ3v) is 3.55. The van der Waals surface area contributed by atoms with Gasteiger partial charge >= 0.3 is 0 Å². The molecule has 1 amide bonds. The van der Waals surface area contributed by atoms with E-state index >= 15 is 0 Å². The standard InChI is InChI=1S/C15H23NOS/c1-4-12(3)11-16(5-2)15(17)10-13-6-8-14(18)9-7-13/h6-9,12,18H,4-5,10-11H2,1-3H3. The predicted octanol–water partition coefficient (Wildman–Crippen LogP) is 3.41. The van der Waals surface area contributed by atoms with Gasteiger partial charge in [-0.3, -0.25) is 4.79 Å². The van der Waals surface area contributed by atoms with Crippen LogP contribution in [0.1, 0.15) is 32.8 Å². The summed E-state index contributed by atoms with van der Waals surface area (Å²) < 4.78 is 0. The Balaban J connectivity index is 2.59. The first-order valence-corrected chi connectivity index (χ1v) is 7.07. The van der Waals surface area contributed by atoms with Gasteiger partial charge in [-0.2, -0.15) is 0 Å². The fraction of sp³-hybridized carbons (Fsp3) is 0.533. The van der Waals surface area contributed by atoms with Crippen LogP contribution < -0.4 is 0 Å². The van der Waals surface area contributed by atoms with Crippen LogP contribution in [0.15, 0.2) is 29.2 Å². The fourth-order valence-corrected chi connectivity index (χ4v) is 1.96. The number of rotatable bonds is 6. The zero-order chi connectivity index (χ0) is 13.5. The lowest BCUT2D eigenvalue weighted by Crippen LogP contribution is -2.35. The van der Waals surface area contributed by atoms with Crippen molar-refractivity contribution >= 4 is 18.5 Å². The Hall–Kier alpha value is -0.960. The molecule has 0 saturated heterocycles. The summed E-state index contributed by atoms with van der Waals surface area (Å²) in [5.41, 5.74) is 1.06. The van der Waals surface area contributed by atoms with Crippen molar-refractivity contribution in [1.82, 2.24) is 4.90 Å². The van der Waals surface area contributed by atoms with E-state index in [4.69, 9.17) is 0 Å². The van der Waals surface area contributed by atoms with Gasteiger partial charge in [0.25, 0.3) is 0 Å². The molecule has 0 aromatic heterocycles. The molecule has 0 spiro atoms. The second-order valence-corrected chi connectivity index (χ2v) is 5.31. The predicted molar refractivity (Wildman–Crippen MR) is 79.1 cm³/mol. The van der Waals surface area contributed by atoms with Crippen LogP contribution in [-0.2, 0) is 11.2 Å². The molecule has 0 aliphatic carbocycles. The fourth-order valence-electron chi connectivity index (χ4n) is 1.81. The maximum atomic E-state index is 12.2. The van der Waals surface area contributed by atoms with Crippen molar-refractivity contribution in [2.45, 2.75) is 38.5 Å². The average Bonchev–Trinajstić information content (AvgIpc) is 2.38. The van der Waals surface area contributed by atoms with Crippen molar-refractivity contribution < 1.29 is 4.79 Å². The molecule has 1 unspecified atom stereocenters. The Kier molecular flexibility index (Phi) is 6.27. The summed E-state index contributed by atoms with van der Waals surface area (Å²) in [6.45, 7) is 8.03. The van der Waals surface area contributed by atoms with E-state index < -0.39 is 0 Å². The molecule has 100 valence electrons. The van der Waals surface area contributed by atoms with Gasteiger partial charge in [0.15, 0.2) is 0 Å². The van der Waals surface area contributed by atoms with Crippen LogP contribution in [0.2, 0.25) is 0 Å². The highest BCUT2D eigenvalue weighted by Crippen LogP contribution is 2.11. The highest BCUT2D eigenvalue weighted by molar-refractivity contribution is 7.80. The zero-order valence-electron chi connectivity index (χ0n) is 11.5. The van der Waals surface area contributed by atoms with E-state index in [9.17, 15) is 4.79 Å². The van der Waals surface area contributed by atoms with E-state index in [1.54, 1.807) is 0 Å². The van der Waals surface area contributed by atoms with Crippen molar-refractivity contribution in [2.75, 3.05) is 13.1 Å². The first-order valence-electron chi connectivity index (χ1n) is 6.62. The molecule has 1 aromatic carbocycles. The van der Waals surface area contributed by atoms with Crippen molar-refractivity contribution in [3.8, 4) is 0 Å². The lowest BCUT2D eigenvalue weighted by Gasteiger charge is -2.24. The molecule has 1 aromatic rings. The largest absolute Gasteiger partial charge is 0.342 e. The second-order valence-electron chi connectivity index (χ2n) is 4.79. The number of nitrogens with zero attached hydrogens (tertiary/aromatic N) is 1. The molecule has 1 atom stereocenters. The van der Waals surface area contributed by atoms with Gasteiger partial charge in [0, 0.05) is 18.0 Å². The highest BCUT2D eigenvalue weighted by Gasteiger charge is 2.14. The molecule has 1 rings (SSSR count). The summed E-state index contributed by atoms with van der Waals surface area (Å²) in [4.78, 5) is 15.1. The van der Waals surface area contributed by atoms with Gasteiger partial charge in [-0.1, -0.05) is 32.4 Å². The maximum absolute atomic E-state index is 12.2. The molecule has 3 heteroatoms. The summed E-state index contributed by atoms with van der Waals surface area (Å²) in [6, 6.07) is 7.79. The third kappa shape index (κ3) is 4.73. The van der Waals surface area contributed by atoms with Gasteiger partial charge in [0.2, 0.25) is 5.91 Å². The monoisotopic (exact) mass is 265 g/mol. The summed E-state index contributed by atoms with van der Waals surface area (Å²) in [5.74, 6) is 0.776. The zero-order valence-corrected chi connectivity index (χ0v) is 12.4. The van der Waals surface area contributed by atoms with Gasteiger partial charge in [-0.25, -0.2) is 0 Å². The van der Waals surface area contributed by atoms with Gasteiger partial charge in [-0.05, 0) is 30.5 Å². The Morgan fingerprint density at radius 1 is 1.28 bits per heavy atom. The van der Waals surface area contributed by atoms with Crippen LogP contribution in [0.4, 0.5) is 0 Å². The molecule has 0 N–H and O–H groups in total. The van der Waals surface area contributed by atoms with Crippen LogP contribution in [-0.4, -0.2) is 23.9 Å². The smallest absolute Gasteiger partial charge is 0.226 e. The highest BCUT2D eigenvalue weighted by atomic mass is 32.1. The number of carbonyl (C=O) groups is 1. The second kappa shape index (κ2) is 7.47. The van der Waals surface area contributed by atoms with E-state index in [-0.39, 0.29) is 5.91 Å². The quantitative estimate of drug-likeness (QED) is 0.782. The number of carbonyl (C=O) groups excluding carboxylic acids is 1. The van der Waals surface area contributed by atoms with Gasteiger partial charge in [0.05, 0.1) is 6.42 Å². The van der Waals surface area contributed by atoms with Gasteiger partial charge in [-0.15, -0.1) is 12.6 Å². The number of thiol groups is 1. The lowest BCUT2D eigenvalue weighted by molar-refractivity contribution is -0.130. The van der Waals surface area contributed by atoms with Gasteiger partial charge in [0.1, 0.15) is 0 Å². The minimum absolute atomic E-state index is 0.213. The minimum atomic E-state index is 0.213. The van der Waals surface area contributed by atoms with E-state index in [0.29, 0.717) is 12.3 Å². The molecule has 18 heavy (non-hydrogen) atoms. The number of amides is 1. The molecule has 0 aliphatic rings. The van der Waals surface area contributed by atoms with E-state index in [1.165, 1.54) is 0 Å². The Labute approximate surface area is 116 Å². The molecule has 0 fully saturated rings. The van der Waals surface area contributed by atoms with Crippen molar-refractivity contribution in [1.29, 1.82) is 0 Å². The molecule has 0 heterocycles. The van der Waals surface area contributed by atoms with E-state index in [2.05, 4.69) is 26.5 Å². The number of hydrogen-bond acceptors (Lipinski definition) is 2. The minimum Gasteiger partial charge on any atom is -0.342 e. The van der Waals surface area contributed by atoms with Crippen LogP contribution in [0.3, 0.4) is 0 Å². The molecule has 0 radical (unpaired) electrons. The SMILES string of the molecule is CCC(C)CN(CC)C(=O)Cc1ccc(S)cc1. The molecular weight excluding hydrogens is 242 g/mol. The Bertz CT molecular complexity index is 375. The first-order chi connectivity index (χ1) is 8.56. The van der Waals surface area contributed by atoms with Crippen LogP contribution in [0.25, 0.3) is 0 Å².